The van der Waals surface area contributed by atoms with Crippen LogP contribution in [0.1, 0.15) is 47.4 Å². The number of nitrogens with zero attached hydrogens (tertiary/aromatic N) is 3. The van der Waals surface area contributed by atoms with Gasteiger partial charge in [0.05, 0.1) is 11.1 Å². The van der Waals surface area contributed by atoms with E-state index in [9.17, 15) is 19.2 Å². The Kier molecular flexibility index (Phi) is 5.25. The Bertz CT molecular complexity index is 979. The maximum Gasteiger partial charge on any atom is 0.262 e. The third-order valence-electron chi connectivity index (χ3n) is 7.10. The minimum atomic E-state index is -0.939. The molecule has 170 valence electrons. The lowest BCUT2D eigenvalue weighted by Gasteiger charge is -2.47. The molecule has 0 aliphatic carbocycles. The number of amides is 4. The number of piperazine rings is 1. The summed E-state index contributed by atoms with van der Waals surface area (Å²) in [7, 11) is 0. The maximum absolute atomic E-state index is 13.2. The minimum absolute atomic E-state index is 0.116. The summed E-state index contributed by atoms with van der Waals surface area (Å²) in [5.74, 6) is -1.16. The second kappa shape index (κ2) is 7.97. The first-order valence-electron chi connectivity index (χ1n) is 11.4. The molecule has 1 aromatic carbocycles. The van der Waals surface area contributed by atoms with Crippen LogP contribution in [0.5, 0.6) is 0 Å². The first-order chi connectivity index (χ1) is 15.3. The van der Waals surface area contributed by atoms with Gasteiger partial charge >= 0.3 is 0 Å². The fourth-order valence-electron chi connectivity index (χ4n) is 5.55. The second-order valence-corrected chi connectivity index (χ2v) is 9.53. The van der Waals surface area contributed by atoms with Gasteiger partial charge in [0.15, 0.2) is 0 Å². The van der Waals surface area contributed by atoms with Crippen molar-refractivity contribution in [3.05, 3.63) is 29.3 Å². The summed E-state index contributed by atoms with van der Waals surface area (Å²) in [6, 6.07) is 4.98. The number of piperidine rings is 1. The highest BCUT2D eigenvalue weighted by molar-refractivity contribution is 6.23. The SMILES string of the molecule is CC1CN(CC2CNC2)CC(C)N1c1ccc2c(c1)C(=O)N(C1CCC(=O)NC1=O)C2=O. The molecule has 9 nitrogen and oxygen atoms in total. The van der Waals surface area contributed by atoms with E-state index in [1.807, 2.05) is 6.07 Å². The molecule has 4 heterocycles. The molecule has 5 rings (SSSR count). The number of hydrogen-bond acceptors (Lipinski definition) is 7. The highest BCUT2D eigenvalue weighted by atomic mass is 16.2. The highest BCUT2D eigenvalue weighted by Gasteiger charge is 2.45. The largest absolute Gasteiger partial charge is 0.364 e. The van der Waals surface area contributed by atoms with Crippen LogP contribution in [0.4, 0.5) is 5.69 Å². The quantitative estimate of drug-likeness (QED) is 0.647. The van der Waals surface area contributed by atoms with Crippen molar-refractivity contribution in [1.82, 2.24) is 20.4 Å². The molecule has 4 aliphatic heterocycles. The monoisotopic (exact) mass is 439 g/mol. The van der Waals surface area contributed by atoms with Crippen molar-refractivity contribution in [2.75, 3.05) is 37.6 Å². The summed E-state index contributed by atoms with van der Waals surface area (Å²) in [5.41, 5.74) is 1.57. The first kappa shape index (κ1) is 21.1. The van der Waals surface area contributed by atoms with Gasteiger partial charge in [-0.2, -0.15) is 0 Å². The average Bonchev–Trinajstić information content (AvgIpc) is 2.95. The van der Waals surface area contributed by atoms with E-state index < -0.39 is 23.8 Å². The molecule has 0 aromatic heterocycles. The van der Waals surface area contributed by atoms with E-state index in [-0.39, 0.29) is 30.8 Å². The summed E-state index contributed by atoms with van der Waals surface area (Å²) in [5, 5.41) is 5.56. The molecule has 9 heteroatoms. The Morgan fingerprint density at radius 3 is 2.28 bits per heavy atom. The molecule has 4 aliphatic rings. The lowest BCUT2D eigenvalue weighted by Crippen LogP contribution is -2.59. The molecular formula is C23H29N5O4. The molecule has 1 aromatic rings. The zero-order chi connectivity index (χ0) is 22.6. The van der Waals surface area contributed by atoms with E-state index in [1.54, 1.807) is 12.1 Å². The van der Waals surface area contributed by atoms with Crippen LogP contribution in [0.25, 0.3) is 0 Å². The van der Waals surface area contributed by atoms with Crippen LogP contribution in [0.2, 0.25) is 0 Å². The number of benzene rings is 1. The van der Waals surface area contributed by atoms with Gasteiger partial charge < -0.3 is 10.2 Å². The number of imide groups is 2. The van der Waals surface area contributed by atoms with E-state index in [4.69, 9.17) is 0 Å². The summed E-state index contributed by atoms with van der Waals surface area (Å²) >= 11 is 0. The molecule has 3 fully saturated rings. The molecule has 0 spiro atoms. The van der Waals surface area contributed by atoms with Gasteiger partial charge in [-0.25, -0.2) is 0 Å². The molecule has 4 amide bonds. The third-order valence-corrected chi connectivity index (χ3v) is 7.10. The second-order valence-electron chi connectivity index (χ2n) is 9.53. The summed E-state index contributed by atoms with van der Waals surface area (Å²) < 4.78 is 0. The summed E-state index contributed by atoms with van der Waals surface area (Å²) in [6.45, 7) is 9.57. The number of carbonyl (C=O) groups excluding carboxylic acids is 4. The van der Waals surface area contributed by atoms with Crippen LogP contribution in [-0.4, -0.2) is 84.3 Å². The fourth-order valence-corrected chi connectivity index (χ4v) is 5.55. The Morgan fingerprint density at radius 2 is 1.66 bits per heavy atom. The first-order valence-corrected chi connectivity index (χ1v) is 11.4. The average molecular weight is 440 g/mol. The Morgan fingerprint density at radius 1 is 0.969 bits per heavy atom. The van der Waals surface area contributed by atoms with Crippen molar-refractivity contribution in [3.63, 3.8) is 0 Å². The number of anilines is 1. The maximum atomic E-state index is 13.2. The van der Waals surface area contributed by atoms with Crippen molar-refractivity contribution in [2.24, 2.45) is 5.92 Å². The topological polar surface area (TPSA) is 102 Å². The van der Waals surface area contributed by atoms with Crippen LogP contribution in [0.15, 0.2) is 18.2 Å². The normalized spacial score (nSPS) is 29.2. The molecule has 0 saturated carbocycles. The van der Waals surface area contributed by atoms with Crippen molar-refractivity contribution < 1.29 is 19.2 Å². The number of nitrogens with one attached hydrogen (secondary N) is 2. The predicted octanol–water partition coefficient (Wildman–Crippen LogP) is 0.206. The van der Waals surface area contributed by atoms with Crippen molar-refractivity contribution >= 4 is 29.3 Å². The van der Waals surface area contributed by atoms with Crippen LogP contribution >= 0.6 is 0 Å². The number of carbonyl (C=O) groups is 4. The van der Waals surface area contributed by atoms with E-state index >= 15 is 0 Å². The van der Waals surface area contributed by atoms with Crippen molar-refractivity contribution in [2.45, 2.75) is 44.8 Å². The van der Waals surface area contributed by atoms with Gasteiger partial charge in [0.2, 0.25) is 11.8 Å². The standard InChI is InChI=1S/C23H29N5O4/c1-13-10-26(12-15-8-24-9-15)11-14(2)27(13)16-3-4-17-18(7-16)23(32)28(22(17)31)19-5-6-20(29)25-21(19)30/h3-4,7,13-15,19,24H,5-6,8-12H2,1-2H3,(H,25,29,30). The van der Waals surface area contributed by atoms with Gasteiger partial charge in [-0.15, -0.1) is 0 Å². The molecular weight excluding hydrogens is 410 g/mol. The highest BCUT2D eigenvalue weighted by Crippen LogP contribution is 2.33. The molecule has 32 heavy (non-hydrogen) atoms. The summed E-state index contributed by atoms with van der Waals surface area (Å²) in [4.78, 5) is 55.7. The molecule has 2 N–H and O–H groups in total. The number of rotatable bonds is 4. The molecule has 3 atom stereocenters. The number of hydrogen-bond donors (Lipinski definition) is 2. The molecule has 0 radical (unpaired) electrons. The lowest BCUT2D eigenvalue weighted by molar-refractivity contribution is -0.136. The zero-order valence-electron chi connectivity index (χ0n) is 18.5. The van der Waals surface area contributed by atoms with E-state index in [0.717, 1.165) is 49.2 Å². The van der Waals surface area contributed by atoms with Crippen molar-refractivity contribution in [3.8, 4) is 0 Å². The van der Waals surface area contributed by atoms with Crippen LogP contribution < -0.4 is 15.5 Å². The van der Waals surface area contributed by atoms with Gasteiger partial charge in [-0.05, 0) is 44.4 Å². The number of fused-ring (bicyclic) bond motifs is 1. The Labute approximate surface area is 187 Å². The minimum Gasteiger partial charge on any atom is -0.364 e. The Balaban J connectivity index is 1.35. The summed E-state index contributed by atoms with van der Waals surface area (Å²) in [6.07, 6.45) is 0.279. The Hall–Kier alpha value is -2.78. The van der Waals surface area contributed by atoms with E-state index in [2.05, 4.69) is 34.3 Å². The fraction of sp³-hybridized carbons (Fsp3) is 0.565. The molecule has 3 saturated heterocycles. The zero-order valence-corrected chi connectivity index (χ0v) is 18.5. The van der Waals surface area contributed by atoms with Crippen LogP contribution in [0, 0.1) is 5.92 Å². The van der Waals surface area contributed by atoms with Crippen molar-refractivity contribution in [1.29, 1.82) is 0 Å². The van der Waals surface area contributed by atoms with E-state index in [1.165, 1.54) is 0 Å². The molecule has 0 bridgehead atoms. The van der Waals surface area contributed by atoms with Gasteiger partial charge in [0.25, 0.3) is 11.8 Å². The van der Waals surface area contributed by atoms with E-state index in [0.29, 0.717) is 11.1 Å². The van der Waals surface area contributed by atoms with Crippen LogP contribution in [0.3, 0.4) is 0 Å². The van der Waals surface area contributed by atoms with Gasteiger partial charge in [-0.3, -0.25) is 34.3 Å². The third kappa shape index (κ3) is 3.49. The van der Waals surface area contributed by atoms with Gasteiger partial charge in [0, 0.05) is 56.9 Å². The van der Waals surface area contributed by atoms with Gasteiger partial charge in [0.1, 0.15) is 6.04 Å². The molecule has 3 unspecified atom stereocenters. The lowest BCUT2D eigenvalue weighted by atomic mass is 9.99. The predicted molar refractivity (Wildman–Crippen MR) is 117 cm³/mol. The van der Waals surface area contributed by atoms with Crippen LogP contribution in [-0.2, 0) is 9.59 Å². The smallest absolute Gasteiger partial charge is 0.262 e. The van der Waals surface area contributed by atoms with Gasteiger partial charge in [-0.1, -0.05) is 0 Å².